The molecular formula is C8H10ClNOS. The minimum absolute atomic E-state index is 0.155. The molecule has 1 aromatic heterocycles. The van der Waals surface area contributed by atoms with Crippen LogP contribution in [0.3, 0.4) is 0 Å². The third-order valence-corrected chi connectivity index (χ3v) is 3.34. The molecule has 0 spiro atoms. The number of hydrogen-bond donors (Lipinski definition) is 0. The number of alkyl halides is 1. The van der Waals surface area contributed by atoms with Gasteiger partial charge in [0, 0.05) is 30.0 Å². The number of thiazole rings is 1. The van der Waals surface area contributed by atoms with E-state index in [1.54, 1.807) is 11.3 Å². The predicted molar refractivity (Wildman–Crippen MR) is 49.6 cm³/mol. The molecule has 0 amide bonds. The first kappa shape index (κ1) is 8.48. The van der Waals surface area contributed by atoms with Crippen LogP contribution in [0.2, 0.25) is 0 Å². The van der Waals surface area contributed by atoms with Gasteiger partial charge in [0.25, 0.3) is 0 Å². The lowest BCUT2D eigenvalue weighted by molar-refractivity contribution is 0.0949. The van der Waals surface area contributed by atoms with Gasteiger partial charge in [-0.3, -0.25) is 0 Å². The maximum atomic E-state index is 5.82. The van der Waals surface area contributed by atoms with Crippen molar-refractivity contribution in [2.24, 2.45) is 5.92 Å². The molecule has 2 rings (SSSR count). The van der Waals surface area contributed by atoms with Gasteiger partial charge in [-0.2, -0.15) is 0 Å². The van der Waals surface area contributed by atoms with Gasteiger partial charge in [-0.15, -0.1) is 22.9 Å². The van der Waals surface area contributed by atoms with Gasteiger partial charge in [0.15, 0.2) is 0 Å². The average molecular weight is 204 g/mol. The molecule has 66 valence electrons. The minimum atomic E-state index is 0.155. The molecule has 0 aromatic carbocycles. The summed E-state index contributed by atoms with van der Waals surface area (Å²) < 4.78 is 5.56. The zero-order valence-electron chi connectivity index (χ0n) is 6.57. The number of ether oxygens (including phenoxy) is 1. The Labute approximate surface area is 80.5 Å². The Hall–Kier alpha value is -0.120. The molecule has 4 heteroatoms. The molecule has 12 heavy (non-hydrogen) atoms. The Balaban J connectivity index is 2.13. The smallest absolute Gasteiger partial charge is 0.122 e. The zero-order chi connectivity index (χ0) is 8.39. The monoisotopic (exact) mass is 203 g/mol. The first-order valence-electron chi connectivity index (χ1n) is 3.99. The fourth-order valence-electron chi connectivity index (χ4n) is 1.44. The van der Waals surface area contributed by atoms with Crippen molar-refractivity contribution in [3.63, 3.8) is 0 Å². The van der Waals surface area contributed by atoms with Crippen molar-refractivity contribution < 1.29 is 4.74 Å². The number of nitrogens with zero attached hydrogens (tertiary/aromatic N) is 1. The van der Waals surface area contributed by atoms with Crippen LogP contribution in [0.1, 0.15) is 17.5 Å². The molecule has 1 aliphatic rings. The van der Waals surface area contributed by atoms with Crippen molar-refractivity contribution in [1.29, 1.82) is 0 Å². The van der Waals surface area contributed by atoms with Crippen molar-refractivity contribution >= 4 is 22.9 Å². The highest BCUT2D eigenvalue weighted by Crippen LogP contribution is 2.35. The Morgan fingerprint density at radius 3 is 3.33 bits per heavy atom. The lowest BCUT2D eigenvalue weighted by atomic mass is 10.1. The second-order valence-corrected chi connectivity index (χ2v) is 4.10. The Kier molecular flexibility index (Phi) is 2.63. The zero-order valence-corrected chi connectivity index (χ0v) is 8.14. The van der Waals surface area contributed by atoms with Gasteiger partial charge in [0.05, 0.1) is 0 Å². The van der Waals surface area contributed by atoms with Crippen molar-refractivity contribution in [3.8, 4) is 0 Å². The second kappa shape index (κ2) is 3.73. The van der Waals surface area contributed by atoms with E-state index in [0.717, 1.165) is 18.0 Å². The normalized spacial score (nSPS) is 29.4. The molecule has 0 N–H and O–H groups in total. The largest absolute Gasteiger partial charge is 0.371 e. The summed E-state index contributed by atoms with van der Waals surface area (Å²) in [6.45, 7) is 0.821. The summed E-state index contributed by atoms with van der Waals surface area (Å²) >= 11 is 7.46. The van der Waals surface area contributed by atoms with Crippen LogP contribution in [-0.2, 0) is 4.74 Å². The average Bonchev–Trinajstić information content (AvgIpc) is 2.74. The van der Waals surface area contributed by atoms with Crippen LogP contribution < -0.4 is 0 Å². The molecule has 0 bridgehead atoms. The van der Waals surface area contributed by atoms with Gasteiger partial charge >= 0.3 is 0 Å². The number of aromatic nitrogens is 1. The Morgan fingerprint density at radius 1 is 1.75 bits per heavy atom. The molecule has 2 unspecified atom stereocenters. The van der Waals surface area contributed by atoms with E-state index in [-0.39, 0.29) is 6.10 Å². The Bertz CT molecular complexity index is 239. The van der Waals surface area contributed by atoms with Gasteiger partial charge < -0.3 is 4.74 Å². The SMILES string of the molecule is ClCC1CCOC1c1nccs1. The van der Waals surface area contributed by atoms with E-state index in [1.165, 1.54) is 0 Å². The molecule has 2 heterocycles. The van der Waals surface area contributed by atoms with E-state index < -0.39 is 0 Å². The van der Waals surface area contributed by atoms with E-state index in [0.29, 0.717) is 11.8 Å². The van der Waals surface area contributed by atoms with Gasteiger partial charge in [-0.05, 0) is 6.42 Å². The van der Waals surface area contributed by atoms with E-state index in [4.69, 9.17) is 16.3 Å². The summed E-state index contributed by atoms with van der Waals surface area (Å²) in [6.07, 6.45) is 3.03. The van der Waals surface area contributed by atoms with Crippen LogP contribution in [0.4, 0.5) is 0 Å². The van der Waals surface area contributed by atoms with Crippen molar-refractivity contribution in [3.05, 3.63) is 16.6 Å². The van der Waals surface area contributed by atoms with Crippen LogP contribution in [-0.4, -0.2) is 17.5 Å². The van der Waals surface area contributed by atoms with E-state index >= 15 is 0 Å². The second-order valence-electron chi connectivity index (χ2n) is 2.86. The third-order valence-electron chi connectivity index (χ3n) is 2.11. The summed E-state index contributed by atoms with van der Waals surface area (Å²) in [5.74, 6) is 1.13. The van der Waals surface area contributed by atoms with E-state index in [1.807, 2.05) is 11.6 Å². The van der Waals surface area contributed by atoms with Crippen molar-refractivity contribution in [1.82, 2.24) is 4.98 Å². The standard InChI is InChI=1S/C8H10ClNOS/c9-5-6-1-3-11-7(6)8-10-2-4-12-8/h2,4,6-7H,1,3,5H2. The highest BCUT2D eigenvalue weighted by molar-refractivity contribution is 7.09. The summed E-state index contributed by atoms with van der Waals surface area (Å²) in [7, 11) is 0. The molecule has 0 saturated carbocycles. The lowest BCUT2D eigenvalue weighted by Gasteiger charge is -2.12. The summed E-state index contributed by atoms with van der Waals surface area (Å²) in [5.41, 5.74) is 0. The summed E-state index contributed by atoms with van der Waals surface area (Å²) in [4.78, 5) is 4.23. The van der Waals surface area contributed by atoms with Gasteiger partial charge in [0.1, 0.15) is 11.1 Å². The minimum Gasteiger partial charge on any atom is -0.371 e. The van der Waals surface area contributed by atoms with Crippen LogP contribution in [0, 0.1) is 5.92 Å². The molecule has 0 aliphatic carbocycles. The van der Waals surface area contributed by atoms with Crippen LogP contribution in [0.15, 0.2) is 11.6 Å². The fourth-order valence-corrected chi connectivity index (χ4v) is 2.53. The molecule has 1 saturated heterocycles. The highest BCUT2D eigenvalue weighted by atomic mass is 35.5. The molecule has 0 radical (unpaired) electrons. The number of rotatable bonds is 2. The maximum Gasteiger partial charge on any atom is 0.122 e. The van der Waals surface area contributed by atoms with Crippen molar-refractivity contribution in [2.75, 3.05) is 12.5 Å². The molecule has 1 aliphatic heterocycles. The first-order chi connectivity index (χ1) is 5.92. The molecule has 1 aromatic rings. The van der Waals surface area contributed by atoms with Gasteiger partial charge in [-0.25, -0.2) is 4.98 Å². The molecule has 2 atom stereocenters. The van der Waals surface area contributed by atoms with Gasteiger partial charge in [0.2, 0.25) is 0 Å². The van der Waals surface area contributed by atoms with Crippen LogP contribution in [0.5, 0.6) is 0 Å². The predicted octanol–water partition coefficient (Wildman–Crippen LogP) is 2.46. The fraction of sp³-hybridized carbons (Fsp3) is 0.625. The van der Waals surface area contributed by atoms with E-state index in [2.05, 4.69) is 4.98 Å². The highest BCUT2D eigenvalue weighted by Gasteiger charge is 2.30. The molecule has 1 fully saturated rings. The Morgan fingerprint density at radius 2 is 2.67 bits per heavy atom. The summed E-state index contributed by atoms with van der Waals surface area (Å²) in [5, 5.41) is 3.04. The molecule has 2 nitrogen and oxygen atoms in total. The van der Waals surface area contributed by atoms with E-state index in [9.17, 15) is 0 Å². The topological polar surface area (TPSA) is 22.1 Å². The van der Waals surface area contributed by atoms with Gasteiger partial charge in [-0.1, -0.05) is 0 Å². The number of halogens is 1. The van der Waals surface area contributed by atoms with Crippen molar-refractivity contribution in [2.45, 2.75) is 12.5 Å². The quantitative estimate of drug-likeness (QED) is 0.689. The van der Waals surface area contributed by atoms with Crippen LogP contribution >= 0.6 is 22.9 Å². The maximum absolute atomic E-state index is 5.82. The third kappa shape index (κ3) is 1.49. The lowest BCUT2D eigenvalue weighted by Crippen LogP contribution is -2.08. The number of hydrogen-bond acceptors (Lipinski definition) is 3. The summed E-state index contributed by atoms with van der Waals surface area (Å²) in [6, 6.07) is 0. The van der Waals surface area contributed by atoms with Crippen LogP contribution in [0.25, 0.3) is 0 Å². The molecular weight excluding hydrogens is 194 g/mol. The first-order valence-corrected chi connectivity index (χ1v) is 5.40.